The fourth-order valence-corrected chi connectivity index (χ4v) is 3.85. The van der Waals surface area contributed by atoms with Gasteiger partial charge in [-0.05, 0) is 50.1 Å². The molecule has 1 heterocycles. The molecular formula is C20H22BrN3OS. The number of aromatic nitrogens is 3. The first-order valence-corrected chi connectivity index (χ1v) is 10.2. The van der Waals surface area contributed by atoms with Crippen LogP contribution in [0.2, 0.25) is 0 Å². The van der Waals surface area contributed by atoms with Gasteiger partial charge in [0, 0.05) is 17.3 Å². The molecule has 136 valence electrons. The van der Waals surface area contributed by atoms with Gasteiger partial charge in [0.05, 0.1) is 0 Å². The van der Waals surface area contributed by atoms with Crippen molar-refractivity contribution >= 4 is 27.7 Å². The van der Waals surface area contributed by atoms with Gasteiger partial charge in [-0.25, -0.2) is 0 Å². The molecule has 26 heavy (non-hydrogen) atoms. The highest BCUT2D eigenvalue weighted by atomic mass is 79.9. The van der Waals surface area contributed by atoms with Crippen molar-refractivity contribution in [3.05, 3.63) is 69.5 Å². The Morgan fingerprint density at radius 1 is 1.12 bits per heavy atom. The second kappa shape index (κ2) is 8.27. The minimum absolute atomic E-state index is 0.170. The summed E-state index contributed by atoms with van der Waals surface area (Å²) in [6.45, 7) is 6.15. The van der Waals surface area contributed by atoms with Gasteiger partial charge in [-0.1, -0.05) is 57.5 Å². The van der Waals surface area contributed by atoms with E-state index < -0.39 is 0 Å². The van der Waals surface area contributed by atoms with Crippen LogP contribution in [0.4, 0.5) is 0 Å². The van der Waals surface area contributed by atoms with Crippen molar-refractivity contribution in [3.63, 3.8) is 0 Å². The first-order chi connectivity index (χ1) is 12.4. The van der Waals surface area contributed by atoms with Crippen LogP contribution in [0.25, 0.3) is 0 Å². The van der Waals surface area contributed by atoms with E-state index in [0.29, 0.717) is 0 Å². The Morgan fingerprint density at radius 2 is 1.85 bits per heavy atom. The van der Waals surface area contributed by atoms with E-state index in [1.807, 2.05) is 24.6 Å². The molecule has 0 amide bonds. The van der Waals surface area contributed by atoms with E-state index in [4.69, 9.17) is 4.74 Å². The molecule has 0 N–H and O–H groups in total. The number of aryl methyl sites for hydroxylation is 2. The minimum atomic E-state index is -0.170. The highest BCUT2D eigenvalue weighted by Crippen LogP contribution is 2.27. The molecule has 1 atom stereocenters. The standard InChI is InChI=1S/C20H22BrN3OS/c1-13-5-10-18(14(2)11-13)25-15(3)19-22-23-20(24(19)4)26-12-16-6-8-17(21)9-7-16/h5-11,15H,12H2,1-4H3. The molecule has 4 nitrogen and oxygen atoms in total. The topological polar surface area (TPSA) is 39.9 Å². The number of nitrogens with zero attached hydrogens (tertiary/aromatic N) is 3. The maximum absolute atomic E-state index is 6.12. The number of benzene rings is 2. The number of ether oxygens (including phenoxy) is 1. The molecule has 0 aliphatic carbocycles. The van der Waals surface area contributed by atoms with Crippen LogP contribution in [0, 0.1) is 13.8 Å². The lowest BCUT2D eigenvalue weighted by Gasteiger charge is -2.16. The third-order valence-corrected chi connectivity index (χ3v) is 5.77. The van der Waals surface area contributed by atoms with Crippen LogP contribution in [-0.4, -0.2) is 14.8 Å². The van der Waals surface area contributed by atoms with Crippen LogP contribution < -0.4 is 4.74 Å². The summed E-state index contributed by atoms with van der Waals surface area (Å²) in [5.41, 5.74) is 3.61. The molecule has 1 aromatic heterocycles. The third-order valence-electron chi connectivity index (χ3n) is 4.15. The Kier molecular flexibility index (Phi) is 6.04. The molecule has 0 radical (unpaired) electrons. The predicted molar refractivity (Wildman–Crippen MR) is 110 cm³/mol. The molecule has 6 heteroatoms. The maximum atomic E-state index is 6.12. The summed E-state index contributed by atoms with van der Waals surface area (Å²) in [4.78, 5) is 0. The van der Waals surface area contributed by atoms with Crippen LogP contribution >= 0.6 is 27.7 Å². The molecule has 0 aliphatic heterocycles. The molecule has 0 fully saturated rings. The molecule has 0 saturated carbocycles. The van der Waals surface area contributed by atoms with E-state index in [9.17, 15) is 0 Å². The van der Waals surface area contributed by atoms with Crippen molar-refractivity contribution in [1.29, 1.82) is 0 Å². The Balaban J connectivity index is 1.68. The van der Waals surface area contributed by atoms with Crippen LogP contribution in [0.1, 0.15) is 35.5 Å². The van der Waals surface area contributed by atoms with Gasteiger partial charge in [0.25, 0.3) is 0 Å². The van der Waals surface area contributed by atoms with Crippen molar-refractivity contribution < 1.29 is 4.74 Å². The first-order valence-electron chi connectivity index (χ1n) is 8.44. The molecule has 1 unspecified atom stereocenters. The van der Waals surface area contributed by atoms with Gasteiger partial charge < -0.3 is 9.30 Å². The predicted octanol–water partition coefficient (Wildman–Crippen LogP) is 5.63. The highest BCUT2D eigenvalue weighted by Gasteiger charge is 2.18. The maximum Gasteiger partial charge on any atom is 0.191 e. The summed E-state index contributed by atoms with van der Waals surface area (Å²) in [5, 5.41) is 9.57. The number of rotatable bonds is 6. The van der Waals surface area contributed by atoms with Gasteiger partial charge in [-0.15, -0.1) is 10.2 Å². The van der Waals surface area contributed by atoms with Crippen LogP contribution in [0.3, 0.4) is 0 Å². The number of halogens is 1. The van der Waals surface area contributed by atoms with Gasteiger partial charge >= 0.3 is 0 Å². The number of hydrogen-bond acceptors (Lipinski definition) is 4. The van der Waals surface area contributed by atoms with E-state index in [2.05, 4.69) is 76.4 Å². The lowest BCUT2D eigenvalue weighted by Crippen LogP contribution is -2.10. The smallest absolute Gasteiger partial charge is 0.191 e. The molecule has 0 bridgehead atoms. The molecule has 0 aliphatic rings. The fourth-order valence-electron chi connectivity index (χ4n) is 2.71. The monoisotopic (exact) mass is 431 g/mol. The Labute approximate surface area is 167 Å². The van der Waals surface area contributed by atoms with E-state index in [1.54, 1.807) is 11.8 Å². The average molecular weight is 432 g/mol. The number of hydrogen-bond donors (Lipinski definition) is 0. The van der Waals surface area contributed by atoms with Crippen LogP contribution in [0.5, 0.6) is 5.75 Å². The van der Waals surface area contributed by atoms with Gasteiger partial charge in [0.15, 0.2) is 17.1 Å². The third kappa shape index (κ3) is 4.48. The average Bonchev–Trinajstić information content (AvgIpc) is 2.98. The molecule has 3 aromatic rings. The normalized spacial score (nSPS) is 12.2. The van der Waals surface area contributed by atoms with E-state index in [-0.39, 0.29) is 6.10 Å². The molecular weight excluding hydrogens is 410 g/mol. The molecule has 2 aromatic carbocycles. The van der Waals surface area contributed by atoms with Crippen LogP contribution in [0.15, 0.2) is 52.1 Å². The zero-order chi connectivity index (χ0) is 18.7. The first kappa shape index (κ1) is 19.0. The minimum Gasteiger partial charge on any atom is -0.482 e. The Bertz CT molecular complexity index is 893. The SMILES string of the molecule is Cc1ccc(OC(C)c2nnc(SCc3ccc(Br)cc3)n2C)c(C)c1. The highest BCUT2D eigenvalue weighted by molar-refractivity contribution is 9.10. The summed E-state index contributed by atoms with van der Waals surface area (Å²) in [5.74, 6) is 2.56. The van der Waals surface area contributed by atoms with Crippen molar-refractivity contribution in [2.24, 2.45) is 7.05 Å². The van der Waals surface area contributed by atoms with Crippen molar-refractivity contribution in [1.82, 2.24) is 14.8 Å². The summed E-state index contributed by atoms with van der Waals surface area (Å²) in [7, 11) is 1.99. The second-order valence-electron chi connectivity index (χ2n) is 6.34. The van der Waals surface area contributed by atoms with E-state index in [1.165, 1.54) is 11.1 Å². The van der Waals surface area contributed by atoms with Crippen molar-refractivity contribution in [2.75, 3.05) is 0 Å². The summed E-state index contributed by atoms with van der Waals surface area (Å²) >= 11 is 5.14. The van der Waals surface area contributed by atoms with Gasteiger partial charge in [0.1, 0.15) is 5.75 Å². The lowest BCUT2D eigenvalue weighted by atomic mass is 10.1. The summed E-state index contributed by atoms with van der Waals surface area (Å²) < 4.78 is 9.22. The summed E-state index contributed by atoms with van der Waals surface area (Å²) in [6.07, 6.45) is -0.170. The quantitative estimate of drug-likeness (QED) is 0.474. The van der Waals surface area contributed by atoms with E-state index in [0.717, 1.165) is 32.5 Å². The van der Waals surface area contributed by atoms with Gasteiger partial charge in [-0.2, -0.15) is 0 Å². The zero-order valence-corrected chi connectivity index (χ0v) is 17.8. The Morgan fingerprint density at radius 3 is 2.54 bits per heavy atom. The van der Waals surface area contributed by atoms with Gasteiger partial charge in [-0.3, -0.25) is 0 Å². The van der Waals surface area contributed by atoms with Gasteiger partial charge in [0.2, 0.25) is 0 Å². The molecule has 3 rings (SSSR count). The Hall–Kier alpha value is -1.79. The number of thioether (sulfide) groups is 1. The fraction of sp³-hybridized carbons (Fsp3) is 0.300. The largest absolute Gasteiger partial charge is 0.482 e. The lowest BCUT2D eigenvalue weighted by molar-refractivity contribution is 0.210. The summed E-state index contributed by atoms with van der Waals surface area (Å²) in [6, 6.07) is 14.5. The molecule has 0 saturated heterocycles. The van der Waals surface area contributed by atoms with Crippen LogP contribution in [-0.2, 0) is 12.8 Å². The van der Waals surface area contributed by atoms with Crippen molar-refractivity contribution in [2.45, 2.75) is 37.8 Å². The zero-order valence-electron chi connectivity index (χ0n) is 15.4. The van der Waals surface area contributed by atoms with E-state index >= 15 is 0 Å². The molecule has 0 spiro atoms. The second-order valence-corrected chi connectivity index (χ2v) is 8.20. The van der Waals surface area contributed by atoms with Crippen molar-refractivity contribution in [3.8, 4) is 5.75 Å².